The predicted molar refractivity (Wildman–Crippen MR) is 135 cm³/mol. The molecule has 0 spiro atoms. The molecule has 2 atom stereocenters. The molecule has 4 N–H and O–H groups in total. The number of imidazole rings is 1. The lowest BCUT2D eigenvalue weighted by Crippen LogP contribution is -2.27. The predicted octanol–water partition coefficient (Wildman–Crippen LogP) is 3.16. The number of carbonyl (C=O) groups excluding carboxylic acids is 1. The summed E-state index contributed by atoms with van der Waals surface area (Å²) in [4.78, 5) is 32.7. The van der Waals surface area contributed by atoms with E-state index in [2.05, 4.69) is 15.3 Å². The molecule has 2 heterocycles. The quantitative estimate of drug-likeness (QED) is 0.276. The summed E-state index contributed by atoms with van der Waals surface area (Å²) >= 11 is 0. The molecular weight excluding hydrogens is 479 g/mol. The zero-order valence-corrected chi connectivity index (χ0v) is 21.0. The van der Waals surface area contributed by atoms with Crippen LogP contribution in [0.5, 0.6) is 0 Å². The van der Waals surface area contributed by atoms with Gasteiger partial charge < -0.3 is 25.2 Å². The zero-order chi connectivity index (χ0) is 26.9. The van der Waals surface area contributed by atoms with Crippen LogP contribution in [0.15, 0.2) is 48.8 Å². The molecule has 0 fully saturated rings. The summed E-state index contributed by atoms with van der Waals surface area (Å²) in [7, 11) is 0. The smallest absolute Gasteiger partial charge is 0.305 e. The maximum Gasteiger partial charge on any atom is 0.305 e. The summed E-state index contributed by atoms with van der Waals surface area (Å²) in [5.41, 5.74) is 2.57. The molecule has 0 saturated carbocycles. The number of nitrogens with one attached hydrogen (secondary N) is 1. The van der Waals surface area contributed by atoms with Crippen LogP contribution in [0.2, 0.25) is 0 Å². The molecule has 0 radical (unpaired) electrons. The van der Waals surface area contributed by atoms with E-state index in [-0.39, 0.29) is 36.9 Å². The molecule has 0 aliphatic rings. The minimum Gasteiger partial charge on any atom is -0.481 e. The van der Waals surface area contributed by atoms with Crippen molar-refractivity contribution in [2.75, 3.05) is 6.54 Å². The second-order valence-electron chi connectivity index (χ2n) is 9.27. The first-order valence-electron chi connectivity index (χ1n) is 12.3. The summed E-state index contributed by atoms with van der Waals surface area (Å²) in [6, 6.07) is 9.55. The van der Waals surface area contributed by atoms with Crippen molar-refractivity contribution in [1.82, 2.24) is 19.9 Å². The van der Waals surface area contributed by atoms with Crippen molar-refractivity contribution in [3.8, 4) is 11.4 Å². The van der Waals surface area contributed by atoms with Gasteiger partial charge in [0.05, 0.1) is 24.3 Å². The number of aliphatic hydroxyl groups excluding tert-OH is 2. The molecule has 0 saturated heterocycles. The van der Waals surface area contributed by atoms with E-state index in [1.54, 1.807) is 24.5 Å². The van der Waals surface area contributed by atoms with Crippen LogP contribution >= 0.6 is 0 Å². The Bertz CT molecular complexity index is 1180. The standard InChI is InChI=1S/C27H33FN4O5/c1-17(2)25-24(27(37)30-13-9-18-7-11-29-12-8-18)31-26(19-3-5-20(28)6-4-19)32(25)14-10-21(33)15-22(34)16-23(35)36/h3-8,11-12,17,21-22,33-34H,9-10,13-16H2,1-2H3,(H,30,37)(H,35,36)/t21-,22-/m1/s1. The SMILES string of the molecule is CC(C)c1c(C(=O)NCCc2ccncc2)nc(-c2ccc(F)cc2)n1CC[C@@H](O)C[C@@H](O)CC(=O)O. The number of carboxylic acids is 1. The van der Waals surface area contributed by atoms with Gasteiger partial charge in [0, 0.05) is 31.0 Å². The summed E-state index contributed by atoms with van der Waals surface area (Å²) in [6.45, 7) is 4.53. The highest BCUT2D eigenvalue weighted by Gasteiger charge is 2.26. The summed E-state index contributed by atoms with van der Waals surface area (Å²) in [6.07, 6.45) is 1.54. The van der Waals surface area contributed by atoms with Gasteiger partial charge in [0.1, 0.15) is 17.3 Å². The first-order chi connectivity index (χ1) is 17.7. The fourth-order valence-corrected chi connectivity index (χ4v) is 4.21. The molecule has 0 bridgehead atoms. The summed E-state index contributed by atoms with van der Waals surface area (Å²) < 4.78 is 15.4. The molecular formula is C27H33FN4O5. The van der Waals surface area contributed by atoms with Crippen LogP contribution in [0.4, 0.5) is 4.39 Å². The van der Waals surface area contributed by atoms with E-state index in [1.165, 1.54) is 12.1 Å². The molecule has 9 nitrogen and oxygen atoms in total. The van der Waals surface area contributed by atoms with E-state index >= 15 is 0 Å². The molecule has 37 heavy (non-hydrogen) atoms. The van der Waals surface area contributed by atoms with Gasteiger partial charge in [-0.1, -0.05) is 13.8 Å². The Morgan fingerprint density at radius 1 is 1.05 bits per heavy atom. The van der Waals surface area contributed by atoms with Crippen LogP contribution in [-0.4, -0.2) is 60.5 Å². The topological polar surface area (TPSA) is 138 Å². The molecule has 10 heteroatoms. The van der Waals surface area contributed by atoms with Crippen LogP contribution in [0.1, 0.15) is 60.8 Å². The monoisotopic (exact) mass is 512 g/mol. The maximum absolute atomic E-state index is 13.6. The van der Waals surface area contributed by atoms with E-state index < -0.39 is 30.4 Å². The van der Waals surface area contributed by atoms with E-state index in [0.29, 0.717) is 30.0 Å². The van der Waals surface area contributed by atoms with Gasteiger partial charge in [-0.15, -0.1) is 0 Å². The van der Waals surface area contributed by atoms with Gasteiger partial charge in [-0.2, -0.15) is 0 Å². The van der Waals surface area contributed by atoms with Crippen LogP contribution in [0, 0.1) is 5.82 Å². The van der Waals surface area contributed by atoms with Gasteiger partial charge >= 0.3 is 5.97 Å². The number of halogens is 1. The maximum atomic E-state index is 13.6. The molecule has 1 amide bonds. The third-order valence-electron chi connectivity index (χ3n) is 5.96. The lowest BCUT2D eigenvalue weighted by atomic mass is 10.0. The summed E-state index contributed by atoms with van der Waals surface area (Å²) in [5.74, 6) is -1.52. The molecule has 3 rings (SSSR count). The van der Waals surface area contributed by atoms with Gasteiger partial charge in [0.25, 0.3) is 5.91 Å². The minimum atomic E-state index is -1.17. The second-order valence-corrected chi connectivity index (χ2v) is 9.27. The van der Waals surface area contributed by atoms with E-state index in [4.69, 9.17) is 5.11 Å². The van der Waals surface area contributed by atoms with Gasteiger partial charge in [-0.05, 0) is 67.1 Å². The lowest BCUT2D eigenvalue weighted by molar-refractivity contribution is -0.139. The molecule has 2 aromatic heterocycles. The van der Waals surface area contributed by atoms with E-state index in [9.17, 15) is 24.2 Å². The van der Waals surface area contributed by atoms with Crippen LogP contribution in [0.25, 0.3) is 11.4 Å². The number of nitrogens with zero attached hydrogens (tertiary/aromatic N) is 3. The van der Waals surface area contributed by atoms with Crippen molar-refractivity contribution in [3.63, 3.8) is 0 Å². The number of carbonyl (C=O) groups is 2. The zero-order valence-electron chi connectivity index (χ0n) is 21.0. The third kappa shape index (κ3) is 7.93. The highest BCUT2D eigenvalue weighted by molar-refractivity contribution is 5.94. The molecule has 0 aliphatic heterocycles. The first kappa shape index (κ1) is 27.9. The second kappa shape index (κ2) is 13.1. The Kier molecular flexibility index (Phi) is 9.87. The van der Waals surface area contributed by atoms with Crippen LogP contribution in [0.3, 0.4) is 0 Å². The van der Waals surface area contributed by atoms with Crippen molar-refractivity contribution < 1.29 is 29.3 Å². The van der Waals surface area contributed by atoms with Crippen molar-refractivity contribution in [3.05, 3.63) is 71.6 Å². The summed E-state index contributed by atoms with van der Waals surface area (Å²) in [5, 5.41) is 32.1. The number of hydrogen-bond acceptors (Lipinski definition) is 6. The first-order valence-corrected chi connectivity index (χ1v) is 12.3. The van der Waals surface area contributed by atoms with Crippen molar-refractivity contribution >= 4 is 11.9 Å². The fraction of sp³-hybridized carbons (Fsp3) is 0.407. The molecule has 0 aliphatic carbocycles. The van der Waals surface area contributed by atoms with E-state index in [0.717, 1.165) is 5.56 Å². The Morgan fingerprint density at radius 2 is 1.73 bits per heavy atom. The van der Waals surface area contributed by atoms with Crippen LogP contribution < -0.4 is 5.32 Å². The number of pyridine rings is 1. The molecule has 198 valence electrons. The lowest BCUT2D eigenvalue weighted by Gasteiger charge is -2.19. The Balaban J connectivity index is 1.85. The average Bonchev–Trinajstić information content (AvgIpc) is 3.23. The van der Waals surface area contributed by atoms with Crippen molar-refractivity contribution in [1.29, 1.82) is 0 Å². The van der Waals surface area contributed by atoms with Gasteiger partial charge in [-0.25, -0.2) is 9.37 Å². The van der Waals surface area contributed by atoms with E-state index in [1.807, 2.05) is 30.5 Å². The number of benzene rings is 1. The fourth-order valence-electron chi connectivity index (χ4n) is 4.21. The highest BCUT2D eigenvalue weighted by Crippen LogP contribution is 2.29. The van der Waals surface area contributed by atoms with Crippen molar-refractivity contribution in [2.24, 2.45) is 0 Å². The highest BCUT2D eigenvalue weighted by atomic mass is 19.1. The number of amides is 1. The number of carboxylic acid groups (broad SMARTS) is 1. The van der Waals surface area contributed by atoms with Crippen LogP contribution in [-0.2, 0) is 17.8 Å². The van der Waals surface area contributed by atoms with Gasteiger partial charge in [0.2, 0.25) is 0 Å². The van der Waals surface area contributed by atoms with Crippen molar-refractivity contribution in [2.45, 2.75) is 64.2 Å². The largest absolute Gasteiger partial charge is 0.481 e. The number of rotatable bonds is 13. The van der Waals surface area contributed by atoms with Gasteiger partial charge in [0.15, 0.2) is 0 Å². The molecule has 0 unspecified atom stereocenters. The molecule has 3 aromatic rings. The third-order valence-corrected chi connectivity index (χ3v) is 5.96. The van der Waals surface area contributed by atoms with Gasteiger partial charge in [-0.3, -0.25) is 14.6 Å². The number of aliphatic carboxylic acids is 1. The Hall–Kier alpha value is -3.63. The number of aromatic nitrogens is 3. The molecule has 1 aromatic carbocycles. The average molecular weight is 513 g/mol. The Labute approximate surface area is 215 Å². The Morgan fingerprint density at radius 3 is 2.35 bits per heavy atom. The normalized spacial score (nSPS) is 12.9. The number of hydrogen-bond donors (Lipinski definition) is 4. The number of aliphatic hydroxyl groups is 2. The minimum absolute atomic E-state index is 0.0910.